The number of hydrogen-bond donors (Lipinski definition) is 0. The number of alkyl halides is 2. The van der Waals surface area contributed by atoms with Crippen molar-refractivity contribution in [3.8, 4) is 0 Å². The van der Waals surface area contributed by atoms with E-state index in [1.807, 2.05) is 0 Å². The fourth-order valence-electron chi connectivity index (χ4n) is 0.484. The van der Waals surface area contributed by atoms with Crippen molar-refractivity contribution in [1.29, 1.82) is 0 Å². The molecule has 0 saturated carbocycles. The van der Waals surface area contributed by atoms with Crippen LogP contribution in [0.3, 0.4) is 0 Å². The average molecular weight is 345 g/mol. The first kappa shape index (κ1) is 24.4. The topological polar surface area (TPSA) is 116 Å². The van der Waals surface area contributed by atoms with Gasteiger partial charge in [0, 0.05) is 14.0 Å². The van der Waals surface area contributed by atoms with E-state index in [0.29, 0.717) is 7.11 Å². The number of carbonyl (C=O) groups excluding carboxylic acids is 1. The fourth-order valence-corrected chi connectivity index (χ4v) is 3.34. The van der Waals surface area contributed by atoms with Crippen LogP contribution < -0.4 is 68.9 Å². The van der Waals surface area contributed by atoms with Crippen LogP contribution in [-0.4, -0.2) is 16.9 Å². The molecule has 0 heterocycles. The van der Waals surface area contributed by atoms with Gasteiger partial charge in [-0.05, 0) is 0 Å². The summed E-state index contributed by atoms with van der Waals surface area (Å²) in [6, 6.07) is 0. The Morgan fingerprint density at radius 3 is 1.76 bits per heavy atom. The molecular formula is C4H6Cl2Na2O7P2. The molecule has 0 aromatic rings. The van der Waals surface area contributed by atoms with Crippen molar-refractivity contribution in [2.75, 3.05) is 7.11 Å². The normalized spacial score (nSPS) is 17.8. The minimum atomic E-state index is -5.36. The summed E-state index contributed by atoms with van der Waals surface area (Å²) < 4.78 is 26.4. The molecule has 0 rings (SSSR count). The van der Waals surface area contributed by atoms with Gasteiger partial charge in [0.15, 0.2) is 7.60 Å². The molecule has 90 valence electrons. The van der Waals surface area contributed by atoms with Crippen LogP contribution in [0.25, 0.3) is 0 Å². The second-order valence-corrected chi connectivity index (χ2v) is 8.88. The van der Waals surface area contributed by atoms with Crippen LogP contribution >= 0.6 is 38.4 Å². The number of rotatable bonds is 4. The van der Waals surface area contributed by atoms with Crippen molar-refractivity contribution < 1.29 is 91.9 Å². The molecule has 7 nitrogen and oxygen atoms in total. The predicted octanol–water partition coefficient (Wildman–Crippen LogP) is -5.60. The van der Waals surface area contributed by atoms with E-state index in [1.54, 1.807) is 0 Å². The summed E-state index contributed by atoms with van der Waals surface area (Å²) in [5, 5.41) is 0. The summed E-state index contributed by atoms with van der Waals surface area (Å²) in [6.07, 6.45) is 0. The molecule has 0 fully saturated rings. The van der Waals surface area contributed by atoms with E-state index in [9.17, 15) is 23.7 Å². The second-order valence-electron chi connectivity index (χ2n) is 2.27. The monoisotopic (exact) mass is 344 g/mol. The van der Waals surface area contributed by atoms with E-state index < -0.39 is 25.0 Å². The minimum absolute atomic E-state index is 0. The zero-order chi connectivity index (χ0) is 12.5. The van der Waals surface area contributed by atoms with Gasteiger partial charge in [0.2, 0.25) is 7.60 Å². The SMILES string of the molecule is COP(=O)([O-])C(Cl)(Cl)P(=O)([O-])OC(C)=O.[Na+].[Na+]. The van der Waals surface area contributed by atoms with Gasteiger partial charge in [0.1, 0.15) is 0 Å². The van der Waals surface area contributed by atoms with Gasteiger partial charge >= 0.3 is 65.1 Å². The maximum absolute atomic E-state index is 11.1. The summed E-state index contributed by atoms with van der Waals surface area (Å²) >= 11 is 10.2. The summed E-state index contributed by atoms with van der Waals surface area (Å²) in [5.41, 5.74) is 0. The first-order valence-electron chi connectivity index (χ1n) is 3.24. The van der Waals surface area contributed by atoms with Crippen LogP contribution in [0.5, 0.6) is 0 Å². The summed E-state index contributed by atoms with van der Waals surface area (Å²) in [6.45, 7) is 0.747. The molecule has 0 aliphatic heterocycles. The molecule has 17 heavy (non-hydrogen) atoms. The predicted molar refractivity (Wildman–Crippen MR) is 48.4 cm³/mol. The van der Waals surface area contributed by atoms with E-state index in [2.05, 4.69) is 9.05 Å². The number of halogens is 2. The van der Waals surface area contributed by atoms with Gasteiger partial charge in [-0.2, -0.15) is 0 Å². The summed E-state index contributed by atoms with van der Waals surface area (Å²) in [4.78, 5) is 32.5. The van der Waals surface area contributed by atoms with Crippen molar-refractivity contribution >= 4 is 44.4 Å². The van der Waals surface area contributed by atoms with Crippen LogP contribution in [0.2, 0.25) is 0 Å². The Hall–Kier alpha value is 2.39. The molecule has 0 N–H and O–H groups in total. The maximum Gasteiger partial charge on any atom is 1.00 e. The number of carbonyl (C=O) groups is 1. The molecule has 0 aromatic carbocycles. The van der Waals surface area contributed by atoms with Gasteiger partial charge in [-0.25, -0.2) is 0 Å². The van der Waals surface area contributed by atoms with Gasteiger partial charge in [0.05, 0.1) is 0 Å². The third kappa shape index (κ3) is 6.13. The van der Waals surface area contributed by atoms with Crippen LogP contribution in [0.4, 0.5) is 0 Å². The molecular weight excluding hydrogens is 339 g/mol. The second kappa shape index (κ2) is 8.63. The first-order valence-corrected chi connectivity index (χ1v) is 7.08. The molecule has 13 heteroatoms. The minimum Gasteiger partial charge on any atom is -0.776 e. The maximum atomic E-state index is 11.1. The largest absolute Gasteiger partial charge is 1.00 e. The Kier molecular flexibility index (Phi) is 12.4. The first-order chi connectivity index (χ1) is 6.48. The Labute approximate surface area is 152 Å². The van der Waals surface area contributed by atoms with Crippen molar-refractivity contribution in [2.24, 2.45) is 0 Å². The van der Waals surface area contributed by atoms with Gasteiger partial charge in [-0.1, -0.05) is 23.2 Å². The molecule has 0 saturated heterocycles. The van der Waals surface area contributed by atoms with Gasteiger partial charge in [0.25, 0.3) is 3.82 Å². The molecule has 0 aliphatic rings. The smallest absolute Gasteiger partial charge is 0.776 e. The zero-order valence-electron chi connectivity index (χ0n) is 9.51. The standard InChI is InChI=1S/C4H8Cl2O7P2.2Na/c1-3(7)13-15(10,11)4(5,6)14(8,9)12-2;;/h1-2H3,(H,8,9)(H,10,11);;/q;2*+1/p-2. The molecule has 0 bridgehead atoms. The third-order valence-electron chi connectivity index (χ3n) is 1.15. The molecule has 2 atom stereocenters. The quantitative estimate of drug-likeness (QED) is 0.283. The van der Waals surface area contributed by atoms with Crippen molar-refractivity contribution in [1.82, 2.24) is 0 Å². The Morgan fingerprint density at radius 1 is 1.18 bits per heavy atom. The molecule has 0 aromatic heterocycles. The number of hydrogen-bond acceptors (Lipinski definition) is 7. The average Bonchev–Trinajstić information content (AvgIpc) is 2.01. The Bertz CT molecular complexity index is 362. The molecule has 0 spiro atoms. The van der Waals surface area contributed by atoms with E-state index >= 15 is 0 Å². The Balaban J connectivity index is -0.000000980. The summed E-state index contributed by atoms with van der Waals surface area (Å²) in [5.74, 6) is -1.27. The van der Waals surface area contributed by atoms with Crippen molar-refractivity contribution in [3.05, 3.63) is 0 Å². The molecule has 0 aliphatic carbocycles. The van der Waals surface area contributed by atoms with Crippen LogP contribution in [0.1, 0.15) is 6.92 Å². The Morgan fingerprint density at radius 2 is 1.53 bits per heavy atom. The van der Waals surface area contributed by atoms with Crippen molar-refractivity contribution in [2.45, 2.75) is 10.7 Å². The van der Waals surface area contributed by atoms with E-state index in [4.69, 9.17) is 23.2 Å². The van der Waals surface area contributed by atoms with Crippen LogP contribution in [-0.2, 0) is 23.0 Å². The van der Waals surface area contributed by atoms with Gasteiger partial charge < -0.3 is 23.4 Å². The fraction of sp³-hybridized carbons (Fsp3) is 0.750. The molecule has 0 amide bonds. The molecule has 2 unspecified atom stereocenters. The van der Waals surface area contributed by atoms with Gasteiger partial charge in [-0.3, -0.25) is 9.36 Å². The van der Waals surface area contributed by atoms with Crippen LogP contribution in [0.15, 0.2) is 0 Å². The zero-order valence-corrected chi connectivity index (χ0v) is 16.8. The summed E-state index contributed by atoms with van der Waals surface area (Å²) in [7, 11) is -9.82. The molecule has 0 radical (unpaired) electrons. The van der Waals surface area contributed by atoms with E-state index in [0.717, 1.165) is 6.92 Å². The van der Waals surface area contributed by atoms with Gasteiger partial charge in [-0.15, -0.1) is 0 Å². The van der Waals surface area contributed by atoms with E-state index in [-0.39, 0.29) is 59.1 Å². The van der Waals surface area contributed by atoms with Crippen LogP contribution in [0, 0.1) is 0 Å². The third-order valence-corrected chi connectivity index (χ3v) is 7.40. The van der Waals surface area contributed by atoms with Crippen molar-refractivity contribution in [3.63, 3.8) is 0 Å². The van der Waals surface area contributed by atoms with E-state index in [1.165, 1.54) is 0 Å².